The van der Waals surface area contributed by atoms with E-state index in [1.165, 1.54) is 12.1 Å². The molecule has 2 amide bonds. The molecule has 5 rings (SSSR count). The van der Waals surface area contributed by atoms with Gasteiger partial charge in [0.1, 0.15) is 5.82 Å². The summed E-state index contributed by atoms with van der Waals surface area (Å²) < 4.78 is 15.5. The van der Waals surface area contributed by atoms with Crippen LogP contribution >= 0.6 is 0 Å². The molecule has 1 unspecified atom stereocenters. The molecule has 0 radical (unpaired) electrons. The molecule has 3 aromatic rings. The molecule has 1 N–H and O–H groups in total. The van der Waals surface area contributed by atoms with Crippen molar-refractivity contribution in [1.29, 1.82) is 0 Å². The summed E-state index contributed by atoms with van der Waals surface area (Å²) in [6, 6.07) is 13.8. The van der Waals surface area contributed by atoms with Gasteiger partial charge in [-0.3, -0.25) is 9.59 Å². The van der Waals surface area contributed by atoms with Crippen LogP contribution in [0.15, 0.2) is 67.3 Å². The van der Waals surface area contributed by atoms with Crippen LogP contribution in [0.2, 0.25) is 0 Å². The second kappa shape index (κ2) is 8.81. The predicted octanol–water partition coefficient (Wildman–Crippen LogP) is 3.75. The number of piperidine rings is 1. The first-order valence-corrected chi connectivity index (χ1v) is 11.4. The van der Waals surface area contributed by atoms with Gasteiger partial charge in [-0.15, -0.1) is 0 Å². The van der Waals surface area contributed by atoms with Crippen molar-refractivity contribution in [3.63, 3.8) is 0 Å². The second-order valence-electron chi connectivity index (χ2n) is 9.09. The summed E-state index contributed by atoms with van der Waals surface area (Å²) in [6.45, 7) is 2.61. The molecule has 6 nitrogen and oxygen atoms in total. The number of hydrogen-bond acceptors (Lipinski definition) is 3. The van der Waals surface area contributed by atoms with Gasteiger partial charge in [0.05, 0.1) is 6.33 Å². The Morgan fingerprint density at radius 1 is 1.09 bits per heavy atom. The molecule has 1 aliphatic heterocycles. The van der Waals surface area contributed by atoms with E-state index in [0.29, 0.717) is 31.7 Å². The van der Waals surface area contributed by atoms with Crippen molar-refractivity contribution in [3.8, 4) is 11.1 Å². The molecule has 33 heavy (non-hydrogen) atoms. The van der Waals surface area contributed by atoms with Gasteiger partial charge in [0.2, 0.25) is 5.91 Å². The van der Waals surface area contributed by atoms with E-state index in [4.69, 9.17) is 0 Å². The van der Waals surface area contributed by atoms with Crippen molar-refractivity contribution in [3.05, 3.63) is 78.6 Å². The topological polar surface area (TPSA) is 67.2 Å². The van der Waals surface area contributed by atoms with Gasteiger partial charge >= 0.3 is 0 Å². The number of hydrogen-bond donors (Lipinski definition) is 1. The Kier molecular flexibility index (Phi) is 5.70. The van der Waals surface area contributed by atoms with Gasteiger partial charge in [0.25, 0.3) is 5.91 Å². The monoisotopic (exact) mass is 446 g/mol. The highest BCUT2D eigenvalue weighted by Gasteiger charge is 2.58. The fraction of sp³-hybridized carbons (Fsp3) is 0.346. The number of carbonyl (C=O) groups is 2. The first-order chi connectivity index (χ1) is 16.0. The molecule has 2 aromatic carbocycles. The molecule has 1 saturated heterocycles. The lowest BCUT2D eigenvalue weighted by Crippen LogP contribution is -2.40. The Morgan fingerprint density at radius 2 is 1.85 bits per heavy atom. The lowest BCUT2D eigenvalue weighted by atomic mass is 9.90. The molecule has 2 aliphatic rings. The van der Waals surface area contributed by atoms with Crippen LogP contribution in [0.3, 0.4) is 0 Å². The number of nitrogens with one attached hydrogen (secondary N) is 1. The molecule has 1 aliphatic carbocycles. The number of amides is 2. The van der Waals surface area contributed by atoms with E-state index in [1.807, 2.05) is 46.0 Å². The lowest BCUT2D eigenvalue weighted by Gasteiger charge is -2.33. The molecule has 2 heterocycles. The quantitative estimate of drug-likeness (QED) is 0.627. The molecule has 2 fully saturated rings. The maximum Gasteiger partial charge on any atom is 0.253 e. The van der Waals surface area contributed by atoms with E-state index in [-0.39, 0.29) is 29.0 Å². The minimum Gasteiger partial charge on any atom is -0.354 e. The van der Waals surface area contributed by atoms with Crippen molar-refractivity contribution in [2.45, 2.75) is 25.8 Å². The summed E-state index contributed by atoms with van der Waals surface area (Å²) in [6.07, 6.45) is 7.95. The Balaban J connectivity index is 1.15. The number of nitrogens with zero attached hydrogens (tertiary/aromatic N) is 3. The zero-order chi connectivity index (χ0) is 22.8. The maximum atomic E-state index is 13.6. The minimum absolute atomic E-state index is 0.00918. The molecule has 170 valence electrons. The highest BCUT2D eigenvalue weighted by Crippen LogP contribution is 2.59. The fourth-order valence-corrected chi connectivity index (χ4v) is 4.96. The normalized spacial score (nSPS) is 18.8. The van der Waals surface area contributed by atoms with E-state index in [0.717, 1.165) is 30.4 Å². The predicted molar refractivity (Wildman–Crippen MR) is 123 cm³/mol. The second-order valence-corrected chi connectivity index (χ2v) is 9.09. The van der Waals surface area contributed by atoms with E-state index >= 15 is 0 Å². The largest absolute Gasteiger partial charge is 0.354 e. The van der Waals surface area contributed by atoms with Gasteiger partial charge < -0.3 is 14.8 Å². The molecular formula is C26H27FN4O2. The number of carbonyl (C=O) groups excluding carboxylic acids is 2. The third-order valence-corrected chi connectivity index (χ3v) is 7.05. The Morgan fingerprint density at radius 3 is 2.58 bits per heavy atom. The molecule has 0 bridgehead atoms. The number of rotatable bonds is 6. The molecule has 1 saturated carbocycles. The summed E-state index contributed by atoms with van der Waals surface area (Å²) in [4.78, 5) is 31.6. The van der Waals surface area contributed by atoms with Crippen molar-refractivity contribution in [1.82, 2.24) is 19.8 Å². The zero-order valence-electron chi connectivity index (χ0n) is 18.4. The average molecular weight is 447 g/mol. The number of aromatic nitrogens is 2. The van der Waals surface area contributed by atoms with Crippen LogP contribution in [0.5, 0.6) is 0 Å². The maximum absolute atomic E-state index is 13.6. The van der Waals surface area contributed by atoms with Crippen LogP contribution < -0.4 is 5.32 Å². The van der Waals surface area contributed by atoms with Crippen molar-refractivity contribution >= 4 is 11.8 Å². The molecule has 1 aromatic heterocycles. The van der Waals surface area contributed by atoms with E-state index in [2.05, 4.69) is 10.3 Å². The van der Waals surface area contributed by atoms with Gasteiger partial charge in [0.15, 0.2) is 0 Å². The van der Waals surface area contributed by atoms with Gasteiger partial charge in [-0.05, 0) is 60.1 Å². The highest BCUT2D eigenvalue weighted by molar-refractivity contribution is 5.95. The van der Waals surface area contributed by atoms with Crippen LogP contribution in [0.1, 0.15) is 29.6 Å². The van der Waals surface area contributed by atoms with Crippen molar-refractivity contribution in [2.24, 2.45) is 11.3 Å². The van der Waals surface area contributed by atoms with E-state index in [1.54, 1.807) is 18.6 Å². The van der Waals surface area contributed by atoms with Crippen LogP contribution in [0.4, 0.5) is 4.39 Å². The third-order valence-electron chi connectivity index (χ3n) is 7.05. The van der Waals surface area contributed by atoms with Gasteiger partial charge in [0, 0.05) is 50.1 Å². The highest BCUT2D eigenvalue weighted by atomic mass is 19.1. The summed E-state index contributed by atoms with van der Waals surface area (Å²) >= 11 is 0. The third kappa shape index (κ3) is 4.53. The number of halogens is 1. The first-order valence-electron chi connectivity index (χ1n) is 11.4. The summed E-state index contributed by atoms with van der Waals surface area (Å²) in [5.74, 6) is -0.132. The first kappa shape index (κ1) is 21.4. The van der Waals surface area contributed by atoms with Gasteiger partial charge in [-0.2, -0.15) is 0 Å². The van der Waals surface area contributed by atoms with E-state index in [9.17, 15) is 14.0 Å². The number of likely N-dealkylation sites (tertiary alicyclic amines) is 1. The van der Waals surface area contributed by atoms with E-state index < -0.39 is 0 Å². The Labute approximate surface area is 192 Å². The van der Waals surface area contributed by atoms with Crippen molar-refractivity contribution < 1.29 is 14.0 Å². The van der Waals surface area contributed by atoms with Crippen molar-refractivity contribution in [2.75, 3.05) is 19.6 Å². The summed E-state index contributed by atoms with van der Waals surface area (Å²) in [5, 5.41) is 3.05. The lowest BCUT2D eigenvalue weighted by molar-refractivity contribution is -0.123. The Hall–Kier alpha value is -3.48. The SMILES string of the molecule is O=C(NCCn1ccnc1)C1CC12CCN(C(=O)c1cccc(-c3cccc(F)c3)c1)CC2. The molecule has 1 atom stereocenters. The smallest absolute Gasteiger partial charge is 0.253 e. The molecular weight excluding hydrogens is 419 g/mol. The van der Waals surface area contributed by atoms with Gasteiger partial charge in [-0.25, -0.2) is 9.37 Å². The molecule has 7 heteroatoms. The van der Waals surface area contributed by atoms with Crippen LogP contribution in [0.25, 0.3) is 11.1 Å². The van der Waals surface area contributed by atoms with Gasteiger partial charge in [-0.1, -0.05) is 24.3 Å². The average Bonchev–Trinajstić information content (AvgIpc) is 3.27. The minimum atomic E-state index is -0.296. The summed E-state index contributed by atoms with van der Waals surface area (Å²) in [5.41, 5.74) is 2.22. The van der Waals surface area contributed by atoms with Crippen LogP contribution in [-0.2, 0) is 11.3 Å². The standard InChI is InChI=1S/C26H27FN4O2/c27-22-6-2-4-20(16-22)19-3-1-5-21(15-19)25(33)31-11-7-26(8-12-31)17-23(26)24(32)29-10-14-30-13-9-28-18-30/h1-6,9,13,15-16,18,23H,7-8,10-12,14,17H2,(H,29,32). The fourth-order valence-electron chi connectivity index (χ4n) is 4.96. The van der Waals surface area contributed by atoms with Crippen LogP contribution in [-0.4, -0.2) is 45.9 Å². The number of benzene rings is 2. The summed E-state index contributed by atoms with van der Waals surface area (Å²) in [7, 11) is 0. The zero-order valence-corrected chi connectivity index (χ0v) is 18.4. The van der Waals surface area contributed by atoms with Crippen LogP contribution in [0, 0.1) is 17.2 Å². The Bertz CT molecular complexity index is 1150. The molecule has 1 spiro atoms. The number of imidazole rings is 1.